The molecule has 1 N–H and O–H groups in total. The van der Waals surface area contributed by atoms with E-state index in [1.165, 1.54) is 11.4 Å². The van der Waals surface area contributed by atoms with E-state index in [9.17, 15) is 13.2 Å². The van der Waals surface area contributed by atoms with Gasteiger partial charge in [-0.15, -0.1) is 0 Å². The maximum atomic E-state index is 11.9. The third-order valence-corrected chi connectivity index (χ3v) is 4.30. The minimum atomic E-state index is -3.30. The second-order valence-electron chi connectivity index (χ2n) is 4.84. The topological polar surface area (TPSA) is 66.5 Å². The molecule has 0 radical (unpaired) electrons. The summed E-state index contributed by atoms with van der Waals surface area (Å²) in [4.78, 5) is 11.9. The summed E-state index contributed by atoms with van der Waals surface area (Å²) in [6.07, 6.45) is 3.12. The number of nitrogens with zero attached hydrogens (tertiary/aromatic N) is 1. The highest BCUT2D eigenvalue weighted by molar-refractivity contribution is 7.92. The van der Waals surface area contributed by atoms with Gasteiger partial charge in [0.2, 0.25) is 10.0 Å². The maximum absolute atomic E-state index is 11.9. The maximum Gasteiger partial charge on any atom is 0.251 e. The molecule has 0 aliphatic heterocycles. The first-order chi connectivity index (χ1) is 9.27. The van der Waals surface area contributed by atoms with Gasteiger partial charge in [0.25, 0.3) is 5.91 Å². The Labute approximate surface area is 121 Å². The van der Waals surface area contributed by atoms with Crippen LogP contribution in [0.1, 0.15) is 35.7 Å². The van der Waals surface area contributed by atoms with E-state index >= 15 is 0 Å². The van der Waals surface area contributed by atoms with Gasteiger partial charge in [-0.05, 0) is 37.1 Å². The van der Waals surface area contributed by atoms with Crippen LogP contribution in [0.3, 0.4) is 0 Å². The van der Waals surface area contributed by atoms with Crippen molar-refractivity contribution in [3.8, 4) is 0 Å². The fourth-order valence-corrected chi connectivity index (χ4v) is 2.37. The van der Waals surface area contributed by atoms with E-state index in [0.717, 1.165) is 24.7 Å². The van der Waals surface area contributed by atoms with Gasteiger partial charge in [-0.2, -0.15) is 0 Å². The largest absolute Gasteiger partial charge is 0.352 e. The summed E-state index contributed by atoms with van der Waals surface area (Å²) in [6, 6.07) is 5.01. The molecule has 0 spiro atoms. The lowest BCUT2D eigenvalue weighted by Crippen LogP contribution is -2.27. The molecule has 1 aromatic carbocycles. The predicted octanol–water partition coefficient (Wildman–Crippen LogP) is 1.92. The Balaban J connectivity index is 2.91. The molecule has 1 rings (SSSR count). The summed E-state index contributed by atoms with van der Waals surface area (Å²) >= 11 is 0. The number of aryl methyl sites for hydroxylation is 1. The Kier molecular flexibility index (Phi) is 5.56. The molecule has 20 heavy (non-hydrogen) atoms. The van der Waals surface area contributed by atoms with Gasteiger partial charge in [-0.1, -0.05) is 13.3 Å². The van der Waals surface area contributed by atoms with Crippen molar-refractivity contribution in [2.45, 2.75) is 26.7 Å². The molecule has 0 aliphatic rings. The van der Waals surface area contributed by atoms with Gasteiger partial charge >= 0.3 is 0 Å². The smallest absolute Gasteiger partial charge is 0.251 e. The lowest BCUT2D eigenvalue weighted by molar-refractivity contribution is 0.0953. The third-order valence-electron chi connectivity index (χ3n) is 3.11. The van der Waals surface area contributed by atoms with E-state index in [1.807, 2.05) is 0 Å². The van der Waals surface area contributed by atoms with Crippen LogP contribution in [-0.2, 0) is 10.0 Å². The van der Waals surface area contributed by atoms with Crippen molar-refractivity contribution in [2.75, 3.05) is 24.2 Å². The molecule has 0 aliphatic carbocycles. The van der Waals surface area contributed by atoms with E-state index in [-0.39, 0.29) is 5.91 Å². The van der Waals surface area contributed by atoms with Crippen molar-refractivity contribution in [2.24, 2.45) is 0 Å². The number of sulfonamides is 1. The van der Waals surface area contributed by atoms with E-state index in [2.05, 4.69) is 12.2 Å². The van der Waals surface area contributed by atoms with Crippen LogP contribution in [0.15, 0.2) is 18.2 Å². The van der Waals surface area contributed by atoms with Crippen molar-refractivity contribution in [1.29, 1.82) is 0 Å². The first-order valence-corrected chi connectivity index (χ1v) is 8.45. The minimum absolute atomic E-state index is 0.130. The van der Waals surface area contributed by atoms with Crippen LogP contribution in [-0.4, -0.2) is 34.2 Å². The molecule has 0 aromatic heterocycles. The lowest BCUT2D eigenvalue weighted by Gasteiger charge is -2.19. The molecule has 0 bridgehead atoms. The van der Waals surface area contributed by atoms with Crippen molar-refractivity contribution < 1.29 is 13.2 Å². The first kappa shape index (κ1) is 16.5. The minimum Gasteiger partial charge on any atom is -0.352 e. The summed E-state index contributed by atoms with van der Waals surface area (Å²) < 4.78 is 24.3. The summed E-state index contributed by atoms with van der Waals surface area (Å²) in [7, 11) is -1.80. The zero-order valence-corrected chi connectivity index (χ0v) is 13.3. The van der Waals surface area contributed by atoms with Crippen LogP contribution in [0.4, 0.5) is 5.69 Å². The Morgan fingerprint density at radius 3 is 2.50 bits per heavy atom. The van der Waals surface area contributed by atoms with E-state index in [1.54, 1.807) is 25.1 Å². The van der Waals surface area contributed by atoms with Crippen LogP contribution in [0.2, 0.25) is 0 Å². The molecule has 0 saturated carbocycles. The molecule has 0 unspecified atom stereocenters. The van der Waals surface area contributed by atoms with Gasteiger partial charge in [0, 0.05) is 19.2 Å². The molecule has 0 fully saturated rings. The molecule has 0 heterocycles. The second kappa shape index (κ2) is 6.74. The van der Waals surface area contributed by atoms with Crippen molar-refractivity contribution in [1.82, 2.24) is 5.32 Å². The number of hydrogen-bond donors (Lipinski definition) is 1. The zero-order valence-electron chi connectivity index (χ0n) is 12.4. The van der Waals surface area contributed by atoms with Crippen LogP contribution in [0.5, 0.6) is 0 Å². The molecule has 0 atom stereocenters. The number of anilines is 1. The zero-order chi connectivity index (χ0) is 15.3. The summed E-state index contributed by atoms with van der Waals surface area (Å²) in [5, 5.41) is 2.84. The fourth-order valence-electron chi connectivity index (χ4n) is 1.81. The molecular weight excluding hydrogens is 276 g/mol. The Morgan fingerprint density at radius 1 is 1.35 bits per heavy atom. The molecule has 6 heteroatoms. The van der Waals surface area contributed by atoms with Gasteiger partial charge in [-0.25, -0.2) is 8.42 Å². The summed E-state index contributed by atoms with van der Waals surface area (Å²) in [6.45, 7) is 4.51. The van der Waals surface area contributed by atoms with Crippen LogP contribution >= 0.6 is 0 Å². The molecule has 112 valence electrons. The molecule has 1 aromatic rings. The molecule has 5 nitrogen and oxygen atoms in total. The highest BCUT2D eigenvalue weighted by Crippen LogP contribution is 2.22. The number of rotatable bonds is 6. The van der Waals surface area contributed by atoms with E-state index in [4.69, 9.17) is 0 Å². The van der Waals surface area contributed by atoms with Crippen molar-refractivity contribution >= 4 is 21.6 Å². The fraction of sp³-hybridized carbons (Fsp3) is 0.500. The summed E-state index contributed by atoms with van der Waals surface area (Å²) in [5.41, 5.74) is 1.88. The number of carbonyl (C=O) groups is 1. The number of carbonyl (C=O) groups excluding carboxylic acids is 1. The number of hydrogen-bond acceptors (Lipinski definition) is 3. The van der Waals surface area contributed by atoms with E-state index in [0.29, 0.717) is 17.8 Å². The van der Waals surface area contributed by atoms with Gasteiger partial charge in [0.1, 0.15) is 0 Å². The molecule has 0 saturated heterocycles. The monoisotopic (exact) mass is 298 g/mol. The average Bonchev–Trinajstić information content (AvgIpc) is 2.37. The van der Waals surface area contributed by atoms with Gasteiger partial charge in [0.15, 0.2) is 0 Å². The van der Waals surface area contributed by atoms with Crippen molar-refractivity contribution in [3.05, 3.63) is 29.3 Å². The third kappa shape index (κ3) is 4.23. The van der Waals surface area contributed by atoms with Gasteiger partial charge in [0.05, 0.1) is 11.9 Å². The molecule has 1 amide bonds. The Bertz CT molecular complexity index is 582. The van der Waals surface area contributed by atoms with E-state index < -0.39 is 10.0 Å². The quantitative estimate of drug-likeness (QED) is 0.816. The second-order valence-corrected chi connectivity index (χ2v) is 6.85. The lowest BCUT2D eigenvalue weighted by atomic mass is 10.1. The van der Waals surface area contributed by atoms with Crippen LogP contribution < -0.4 is 9.62 Å². The number of nitrogens with one attached hydrogen (secondary N) is 1. The van der Waals surface area contributed by atoms with Crippen molar-refractivity contribution in [3.63, 3.8) is 0 Å². The highest BCUT2D eigenvalue weighted by atomic mass is 32.2. The number of amides is 1. The SMILES string of the molecule is CCCCNC(=O)c1ccc(N(C)S(C)(=O)=O)c(C)c1. The highest BCUT2D eigenvalue weighted by Gasteiger charge is 2.15. The first-order valence-electron chi connectivity index (χ1n) is 6.60. The summed E-state index contributed by atoms with van der Waals surface area (Å²) in [5.74, 6) is -0.130. The predicted molar refractivity (Wildman–Crippen MR) is 81.7 cm³/mol. The standard InChI is InChI=1S/C14H22N2O3S/c1-5-6-9-15-14(17)12-7-8-13(11(2)10-12)16(3)20(4,18)19/h7-8,10H,5-6,9H2,1-4H3,(H,15,17). The van der Waals surface area contributed by atoms with Gasteiger partial charge in [-0.3, -0.25) is 9.10 Å². The van der Waals surface area contributed by atoms with Crippen LogP contribution in [0.25, 0.3) is 0 Å². The average molecular weight is 298 g/mol. The number of benzene rings is 1. The normalized spacial score (nSPS) is 11.2. The number of unbranched alkanes of at least 4 members (excludes halogenated alkanes) is 1. The van der Waals surface area contributed by atoms with Crippen LogP contribution in [0, 0.1) is 6.92 Å². The Hall–Kier alpha value is -1.56. The van der Waals surface area contributed by atoms with Gasteiger partial charge < -0.3 is 5.32 Å². The molecular formula is C14H22N2O3S. The Morgan fingerprint density at radius 2 is 2.00 bits per heavy atom.